The quantitative estimate of drug-likeness (QED) is 0.842. The molecular formula is C19H27ClN2O3. The van der Waals surface area contributed by atoms with Gasteiger partial charge in [0.2, 0.25) is 11.8 Å². The maximum absolute atomic E-state index is 13.2. The highest BCUT2D eigenvalue weighted by Gasteiger charge is 2.42. The third kappa shape index (κ3) is 4.15. The number of piperidine rings is 1. The lowest BCUT2D eigenvalue weighted by molar-refractivity contribution is -0.149. The van der Waals surface area contributed by atoms with Crippen LogP contribution in [0.15, 0.2) is 24.3 Å². The summed E-state index contributed by atoms with van der Waals surface area (Å²) in [6.45, 7) is 6.53. The molecule has 6 heteroatoms. The maximum Gasteiger partial charge on any atom is 0.228 e. The van der Waals surface area contributed by atoms with E-state index in [0.717, 1.165) is 5.56 Å². The molecule has 1 fully saturated rings. The average Bonchev–Trinajstić information content (AvgIpc) is 2.59. The van der Waals surface area contributed by atoms with Crippen LogP contribution in [0.5, 0.6) is 0 Å². The molecule has 1 aliphatic rings. The van der Waals surface area contributed by atoms with Gasteiger partial charge in [-0.3, -0.25) is 9.59 Å². The lowest BCUT2D eigenvalue weighted by Gasteiger charge is -2.43. The molecule has 2 atom stereocenters. The smallest absolute Gasteiger partial charge is 0.228 e. The molecule has 25 heavy (non-hydrogen) atoms. The highest BCUT2D eigenvalue weighted by molar-refractivity contribution is 6.31. The minimum absolute atomic E-state index is 0.0146. The summed E-state index contributed by atoms with van der Waals surface area (Å²) >= 11 is 6.40. The van der Waals surface area contributed by atoms with Gasteiger partial charge in [0.05, 0.1) is 18.6 Å². The molecule has 1 aromatic carbocycles. The van der Waals surface area contributed by atoms with Crippen LogP contribution in [-0.4, -0.2) is 52.5 Å². The number of rotatable bonds is 6. The number of amides is 2. The summed E-state index contributed by atoms with van der Waals surface area (Å²) < 4.78 is 0. The fraction of sp³-hybridized carbons (Fsp3) is 0.579. The van der Waals surface area contributed by atoms with E-state index in [4.69, 9.17) is 11.6 Å². The second-order valence-electron chi connectivity index (χ2n) is 6.64. The zero-order valence-electron chi connectivity index (χ0n) is 15.1. The number of likely N-dealkylation sites (tertiary alicyclic amines) is 1. The number of halogens is 1. The van der Waals surface area contributed by atoms with Gasteiger partial charge in [0.1, 0.15) is 0 Å². The van der Waals surface area contributed by atoms with Crippen molar-refractivity contribution in [1.29, 1.82) is 0 Å². The normalized spacial score (nSPS) is 20.9. The first-order valence-electron chi connectivity index (χ1n) is 8.87. The van der Waals surface area contributed by atoms with Crippen LogP contribution in [-0.2, 0) is 9.59 Å². The molecule has 2 amide bonds. The molecule has 1 N–H and O–H groups in total. The topological polar surface area (TPSA) is 60.9 Å². The van der Waals surface area contributed by atoms with Crippen molar-refractivity contribution in [3.63, 3.8) is 0 Å². The van der Waals surface area contributed by atoms with Gasteiger partial charge >= 0.3 is 0 Å². The minimum Gasteiger partial charge on any atom is -0.395 e. The number of carbonyl (C=O) groups is 2. The van der Waals surface area contributed by atoms with Crippen molar-refractivity contribution in [3.8, 4) is 0 Å². The van der Waals surface area contributed by atoms with Crippen LogP contribution in [0.25, 0.3) is 0 Å². The van der Waals surface area contributed by atoms with Crippen molar-refractivity contribution in [2.75, 3.05) is 19.7 Å². The molecule has 1 aromatic rings. The van der Waals surface area contributed by atoms with Crippen molar-refractivity contribution < 1.29 is 14.7 Å². The Morgan fingerprint density at radius 1 is 1.40 bits per heavy atom. The third-order valence-electron chi connectivity index (χ3n) is 4.84. The van der Waals surface area contributed by atoms with Crippen molar-refractivity contribution in [2.45, 2.75) is 45.7 Å². The standard InChI is InChI=1S/C19H27ClN2O3/c1-4-21-17(24)10-9-15(19(25)22(11-12-23)13(2)3)18(21)14-7-5-6-8-16(14)20/h5-8,13,15,18,23H,4,9-12H2,1-3H3/t15-,18+/m1/s1. The first-order chi connectivity index (χ1) is 11.9. The van der Waals surface area contributed by atoms with Gasteiger partial charge in [0, 0.05) is 30.6 Å². The van der Waals surface area contributed by atoms with Gasteiger partial charge in [-0.25, -0.2) is 0 Å². The molecule has 5 nitrogen and oxygen atoms in total. The molecule has 0 aliphatic carbocycles. The summed E-state index contributed by atoms with van der Waals surface area (Å²) in [5.41, 5.74) is 0.810. The zero-order chi connectivity index (χ0) is 18.6. The summed E-state index contributed by atoms with van der Waals surface area (Å²) in [5.74, 6) is -0.332. The van der Waals surface area contributed by atoms with Gasteiger partial charge in [-0.05, 0) is 38.8 Å². The number of hydrogen-bond donors (Lipinski definition) is 1. The van der Waals surface area contributed by atoms with E-state index in [0.29, 0.717) is 31.0 Å². The van der Waals surface area contributed by atoms with Gasteiger partial charge in [-0.2, -0.15) is 0 Å². The summed E-state index contributed by atoms with van der Waals surface area (Å²) in [4.78, 5) is 29.1. The molecule has 138 valence electrons. The Morgan fingerprint density at radius 3 is 2.64 bits per heavy atom. The summed E-state index contributed by atoms with van der Waals surface area (Å²) in [6.07, 6.45) is 0.856. The number of aliphatic hydroxyl groups is 1. The van der Waals surface area contributed by atoms with Crippen LogP contribution in [0.1, 0.15) is 45.2 Å². The lowest BCUT2D eigenvalue weighted by Crippen LogP contribution is -2.51. The predicted octanol–water partition coefficient (Wildman–Crippen LogP) is 2.87. The molecule has 1 aliphatic heterocycles. The molecule has 1 saturated heterocycles. The Balaban J connectivity index is 2.44. The molecule has 0 unspecified atom stereocenters. The van der Waals surface area contributed by atoms with E-state index in [1.807, 2.05) is 39.0 Å². The monoisotopic (exact) mass is 366 g/mol. The van der Waals surface area contributed by atoms with E-state index >= 15 is 0 Å². The van der Waals surface area contributed by atoms with Crippen LogP contribution in [0, 0.1) is 5.92 Å². The minimum atomic E-state index is -0.368. The Morgan fingerprint density at radius 2 is 2.08 bits per heavy atom. The maximum atomic E-state index is 13.2. The van der Waals surface area contributed by atoms with Crippen molar-refractivity contribution >= 4 is 23.4 Å². The molecule has 0 saturated carbocycles. The van der Waals surface area contributed by atoms with E-state index < -0.39 is 0 Å². The zero-order valence-corrected chi connectivity index (χ0v) is 15.9. The van der Waals surface area contributed by atoms with Crippen LogP contribution in [0.4, 0.5) is 0 Å². The van der Waals surface area contributed by atoms with Gasteiger partial charge in [0.25, 0.3) is 0 Å². The van der Waals surface area contributed by atoms with Crippen molar-refractivity contribution in [3.05, 3.63) is 34.9 Å². The molecule has 2 rings (SSSR count). The van der Waals surface area contributed by atoms with Crippen LogP contribution in [0.2, 0.25) is 5.02 Å². The van der Waals surface area contributed by atoms with E-state index in [9.17, 15) is 14.7 Å². The fourth-order valence-corrected chi connectivity index (χ4v) is 3.88. The van der Waals surface area contributed by atoms with E-state index in [1.165, 1.54) is 0 Å². The van der Waals surface area contributed by atoms with Gasteiger partial charge < -0.3 is 14.9 Å². The van der Waals surface area contributed by atoms with Crippen LogP contribution in [0.3, 0.4) is 0 Å². The summed E-state index contributed by atoms with van der Waals surface area (Å²) in [6, 6.07) is 7.02. The molecule has 0 bridgehead atoms. The Kier molecular flexibility index (Phi) is 6.85. The van der Waals surface area contributed by atoms with Gasteiger partial charge in [-0.15, -0.1) is 0 Å². The molecular weight excluding hydrogens is 340 g/mol. The predicted molar refractivity (Wildman–Crippen MR) is 98.2 cm³/mol. The highest BCUT2D eigenvalue weighted by Crippen LogP contribution is 2.40. The molecule has 0 spiro atoms. The van der Waals surface area contributed by atoms with E-state index in [-0.39, 0.29) is 36.4 Å². The number of aliphatic hydroxyl groups excluding tert-OH is 1. The number of nitrogens with zero attached hydrogens (tertiary/aromatic N) is 2. The van der Waals surface area contributed by atoms with Crippen molar-refractivity contribution in [2.24, 2.45) is 5.92 Å². The largest absolute Gasteiger partial charge is 0.395 e. The Bertz CT molecular complexity index is 620. The fourth-order valence-electron chi connectivity index (χ4n) is 3.63. The number of hydrogen-bond acceptors (Lipinski definition) is 3. The first-order valence-corrected chi connectivity index (χ1v) is 9.25. The molecule has 0 aromatic heterocycles. The van der Waals surface area contributed by atoms with E-state index in [2.05, 4.69) is 0 Å². The second kappa shape index (κ2) is 8.68. The molecule has 0 radical (unpaired) electrons. The lowest BCUT2D eigenvalue weighted by atomic mass is 9.83. The van der Waals surface area contributed by atoms with E-state index in [1.54, 1.807) is 15.9 Å². The van der Waals surface area contributed by atoms with Gasteiger partial charge in [0.15, 0.2) is 0 Å². The van der Waals surface area contributed by atoms with Crippen LogP contribution < -0.4 is 0 Å². The third-order valence-corrected chi connectivity index (χ3v) is 5.18. The van der Waals surface area contributed by atoms with Crippen LogP contribution >= 0.6 is 11.6 Å². The second-order valence-corrected chi connectivity index (χ2v) is 7.05. The SMILES string of the molecule is CCN1C(=O)CC[C@@H](C(=O)N(CCO)C(C)C)[C@@H]1c1ccccc1Cl. The summed E-state index contributed by atoms with van der Waals surface area (Å²) in [7, 11) is 0. The van der Waals surface area contributed by atoms with Gasteiger partial charge in [-0.1, -0.05) is 29.8 Å². The number of benzene rings is 1. The summed E-state index contributed by atoms with van der Waals surface area (Å²) in [5, 5.41) is 9.89. The molecule has 1 heterocycles. The first kappa shape index (κ1) is 19.7. The average molecular weight is 367 g/mol. The Labute approximate surface area is 154 Å². The van der Waals surface area contributed by atoms with Crippen molar-refractivity contribution in [1.82, 2.24) is 9.80 Å². The Hall–Kier alpha value is -1.59. The highest BCUT2D eigenvalue weighted by atomic mass is 35.5. The number of carbonyl (C=O) groups excluding carboxylic acids is 2.